The predicted octanol–water partition coefficient (Wildman–Crippen LogP) is 3.11. The first-order valence-corrected chi connectivity index (χ1v) is 6.61. The molecule has 5 heteroatoms. The zero-order chi connectivity index (χ0) is 14.3. The third-order valence-electron chi connectivity index (χ3n) is 3.61. The van der Waals surface area contributed by atoms with Crippen molar-refractivity contribution in [2.45, 2.75) is 26.3 Å². The molecular formula is C15H15FN2O2. The fraction of sp³-hybridized carbons (Fsp3) is 0.333. The summed E-state index contributed by atoms with van der Waals surface area (Å²) in [6.45, 7) is 2.50. The van der Waals surface area contributed by atoms with Gasteiger partial charge in [-0.05, 0) is 42.9 Å². The maximum Gasteiger partial charge on any atom is 0.338 e. The van der Waals surface area contributed by atoms with E-state index in [4.69, 9.17) is 5.11 Å². The van der Waals surface area contributed by atoms with E-state index in [2.05, 4.69) is 5.10 Å². The summed E-state index contributed by atoms with van der Waals surface area (Å²) in [5, 5.41) is 13.2. The minimum absolute atomic E-state index is 0.265. The van der Waals surface area contributed by atoms with Crippen molar-refractivity contribution < 1.29 is 14.3 Å². The SMILES string of the molecule is Cc1cc(-c2cnn(CC3CC3)c2)cc(F)c1C(=O)O. The lowest BCUT2D eigenvalue weighted by Crippen LogP contribution is -2.04. The number of halogens is 1. The minimum Gasteiger partial charge on any atom is -0.478 e. The Kier molecular flexibility index (Phi) is 3.04. The second kappa shape index (κ2) is 4.74. The Morgan fingerprint density at radius 3 is 2.80 bits per heavy atom. The summed E-state index contributed by atoms with van der Waals surface area (Å²) in [6, 6.07) is 2.94. The maximum atomic E-state index is 13.9. The van der Waals surface area contributed by atoms with Gasteiger partial charge in [0.1, 0.15) is 5.82 Å². The number of hydrogen-bond donors (Lipinski definition) is 1. The standard InChI is InChI=1S/C15H15FN2O2/c1-9-4-11(5-13(16)14(9)15(19)20)12-6-17-18(8-12)7-10-2-3-10/h4-6,8,10H,2-3,7H2,1H3,(H,19,20). The molecule has 104 valence electrons. The van der Waals surface area contributed by atoms with Crippen LogP contribution in [0.5, 0.6) is 0 Å². The molecule has 1 aliphatic rings. The molecule has 3 rings (SSSR count). The Labute approximate surface area is 115 Å². The highest BCUT2D eigenvalue weighted by Gasteiger charge is 2.22. The van der Waals surface area contributed by atoms with Crippen LogP contribution in [-0.2, 0) is 6.54 Å². The molecule has 1 saturated carbocycles. The van der Waals surface area contributed by atoms with Crippen LogP contribution in [-0.4, -0.2) is 20.9 Å². The lowest BCUT2D eigenvalue weighted by molar-refractivity contribution is 0.0691. The molecule has 1 fully saturated rings. The van der Waals surface area contributed by atoms with Crippen LogP contribution in [0.1, 0.15) is 28.8 Å². The maximum absolute atomic E-state index is 13.9. The third-order valence-corrected chi connectivity index (χ3v) is 3.61. The first-order chi connectivity index (χ1) is 9.54. The largest absolute Gasteiger partial charge is 0.478 e. The van der Waals surface area contributed by atoms with Gasteiger partial charge in [0.2, 0.25) is 0 Å². The predicted molar refractivity (Wildman–Crippen MR) is 72.0 cm³/mol. The van der Waals surface area contributed by atoms with Crippen molar-refractivity contribution in [3.05, 3.63) is 41.5 Å². The van der Waals surface area contributed by atoms with Crippen molar-refractivity contribution in [1.82, 2.24) is 9.78 Å². The van der Waals surface area contributed by atoms with Crippen LogP contribution in [0.25, 0.3) is 11.1 Å². The number of aromatic carboxylic acids is 1. The number of benzene rings is 1. The van der Waals surface area contributed by atoms with E-state index < -0.39 is 11.8 Å². The van der Waals surface area contributed by atoms with Gasteiger partial charge in [-0.3, -0.25) is 4.68 Å². The molecule has 0 radical (unpaired) electrons. The molecule has 1 aliphatic carbocycles. The monoisotopic (exact) mass is 274 g/mol. The zero-order valence-corrected chi connectivity index (χ0v) is 11.1. The van der Waals surface area contributed by atoms with Crippen molar-refractivity contribution in [2.75, 3.05) is 0 Å². The zero-order valence-electron chi connectivity index (χ0n) is 11.1. The fourth-order valence-electron chi connectivity index (χ4n) is 2.36. The van der Waals surface area contributed by atoms with Gasteiger partial charge in [-0.25, -0.2) is 9.18 Å². The van der Waals surface area contributed by atoms with E-state index in [0.29, 0.717) is 11.1 Å². The number of hydrogen-bond acceptors (Lipinski definition) is 2. The number of aryl methyl sites for hydroxylation is 1. The van der Waals surface area contributed by atoms with Crippen LogP contribution >= 0.6 is 0 Å². The second-order valence-corrected chi connectivity index (χ2v) is 5.35. The fourth-order valence-corrected chi connectivity index (χ4v) is 2.36. The number of carbonyl (C=O) groups is 1. The van der Waals surface area contributed by atoms with Gasteiger partial charge in [-0.15, -0.1) is 0 Å². The van der Waals surface area contributed by atoms with E-state index in [1.807, 2.05) is 10.9 Å². The highest BCUT2D eigenvalue weighted by molar-refractivity contribution is 5.90. The summed E-state index contributed by atoms with van der Waals surface area (Å²) in [7, 11) is 0. The molecule has 1 heterocycles. The van der Waals surface area contributed by atoms with Crippen molar-refractivity contribution >= 4 is 5.97 Å². The highest BCUT2D eigenvalue weighted by atomic mass is 19.1. The van der Waals surface area contributed by atoms with Crippen LogP contribution in [0.2, 0.25) is 0 Å². The van der Waals surface area contributed by atoms with Crippen molar-refractivity contribution in [3.8, 4) is 11.1 Å². The highest BCUT2D eigenvalue weighted by Crippen LogP contribution is 2.31. The molecule has 0 amide bonds. The smallest absolute Gasteiger partial charge is 0.338 e. The van der Waals surface area contributed by atoms with E-state index in [-0.39, 0.29) is 5.56 Å². The number of carboxylic acids is 1. The van der Waals surface area contributed by atoms with E-state index in [0.717, 1.165) is 18.0 Å². The number of rotatable bonds is 4. The van der Waals surface area contributed by atoms with Crippen molar-refractivity contribution in [3.63, 3.8) is 0 Å². The number of nitrogens with zero attached hydrogens (tertiary/aromatic N) is 2. The van der Waals surface area contributed by atoms with Gasteiger partial charge in [0, 0.05) is 18.3 Å². The summed E-state index contributed by atoms with van der Waals surface area (Å²) >= 11 is 0. The Hall–Kier alpha value is -2.17. The molecule has 0 spiro atoms. The van der Waals surface area contributed by atoms with Crippen LogP contribution in [0.15, 0.2) is 24.5 Å². The summed E-state index contributed by atoms with van der Waals surface area (Å²) in [6.07, 6.45) is 6.07. The molecule has 1 aromatic carbocycles. The Balaban J connectivity index is 1.93. The van der Waals surface area contributed by atoms with Gasteiger partial charge in [-0.1, -0.05) is 6.07 Å². The number of carboxylic acid groups (broad SMARTS) is 1. The van der Waals surface area contributed by atoms with Crippen LogP contribution in [0.3, 0.4) is 0 Å². The van der Waals surface area contributed by atoms with Crippen molar-refractivity contribution in [1.29, 1.82) is 0 Å². The first-order valence-electron chi connectivity index (χ1n) is 6.61. The van der Waals surface area contributed by atoms with Gasteiger partial charge >= 0.3 is 5.97 Å². The van der Waals surface area contributed by atoms with Crippen LogP contribution in [0.4, 0.5) is 4.39 Å². The topological polar surface area (TPSA) is 55.1 Å². The van der Waals surface area contributed by atoms with Gasteiger partial charge < -0.3 is 5.11 Å². The number of aromatic nitrogens is 2. The van der Waals surface area contributed by atoms with Gasteiger partial charge in [0.25, 0.3) is 0 Å². The van der Waals surface area contributed by atoms with E-state index in [1.165, 1.54) is 18.9 Å². The Bertz CT molecular complexity index is 651. The lowest BCUT2D eigenvalue weighted by atomic mass is 10.0. The van der Waals surface area contributed by atoms with Crippen molar-refractivity contribution in [2.24, 2.45) is 5.92 Å². The van der Waals surface area contributed by atoms with E-state index in [9.17, 15) is 9.18 Å². The minimum atomic E-state index is -1.24. The molecule has 1 aromatic heterocycles. The summed E-state index contributed by atoms with van der Waals surface area (Å²) < 4.78 is 15.7. The summed E-state index contributed by atoms with van der Waals surface area (Å²) in [5.74, 6) is -1.23. The second-order valence-electron chi connectivity index (χ2n) is 5.35. The van der Waals surface area contributed by atoms with Gasteiger partial charge in [-0.2, -0.15) is 5.10 Å². The summed E-state index contributed by atoms with van der Waals surface area (Å²) in [4.78, 5) is 11.0. The van der Waals surface area contributed by atoms with Gasteiger partial charge in [0.05, 0.1) is 11.8 Å². The summed E-state index contributed by atoms with van der Waals surface area (Å²) in [5.41, 5.74) is 1.62. The average molecular weight is 274 g/mol. The molecule has 20 heavy (non-hydrogen) atoms. The van der Waals surface area contributed by atoms with Crippen LogP contribution < -0.4 is 0 Å². The Morgan fingerprint density at radius 2 is 2.20 bits per heavy atom. The molecule has 2 aromatic rings. The molecule has 0 bridgehead atoms. The molecule has 0 atom stereocenters. The molecule has 4 nitrogen and oxygen atoms in total. The molecule has 0 saturated heterocycles. The van der Waals surface area contributed by atoms with Crippen LogP contribution in [0, 0.1) is 18.7 Å². The van der Waals surface area contributed by atoms with Gasteiger partial charge in [0.15, 0.2) is 0 Å². The third kappa shape index (κ3) is 2.43. The molecule has 0 aliphatic heterocycles. The van der Waals surface area contributed by atoms with E-state index >= 15 is 0 Å². The molecule has 1 N–H and O–H groups in total. The first kappa shape index (κ1) is 12.8. The normalized spacial score (nSPS) is 14.5. The quantitative estimate of drug-likeness (QED) is 0.932. The molecular weight excluding hydrogens is 259 g/mol. The van der Waals surface area contributed by atoms with E-state index in [1.54, 1.807) is 19.2 Å². The Morgan fingerprint density at radius 1 is 1.45 bits per heavy atom. The average Bonchev–Trinajstić information content (AvgIpc) is 3.03. The molecule has 0 unspecified atom stereocenters. The lowest BCUT2D eigenvalue weighted by Gasteiger charge is -2.05.